The number of rotatable bonds is 5. The van der Waals surface area contributed by atoms with E-state index in [4.69, 9.17) is 4.74 Å². The van der Waals surface area contributed by atoms with Crippen LogP contribution in [-0.4, -0.2) is 36.5 Å². The highest BCUT2D eigenvalue weighted by atomic mass is 16.5. The predicted octanol–water partition coefficient (Wildman–Crippen LogP) is 1.31. The summed E-state index contributed by atoms with van der Waals surface area (Å²) in [5.41, 5.74) is -0.138. The van der Waals surface area contributed by atoms with E-state index in [1.165, 1.54) is 12.8 Å². The van der Waals surface area contributed by atoms with Gasteiger partial charge in [0.1, 0.15) is 0 Å². The van der Waals surface area contributed by atoms with Crippen LogP contribution in [-0.2, 0) is 4.74 Å². The maximum atomic E-state index is 9.21. The molecule has 0 radical (unpaired) electrons. The van der Waals surface area contributed by atoms with E-state index in [-0.39, 0.29) is 12.1 Å². The Hall–Kier alpha value is -0.120. The van der Waals surface area contributed by atoms with Gasteiger partial charge in [0.2, 0.25) is 0 Å². The Balaban J connectivity index is 2.23. The molecule has 0 aromatic rings. The highest BCUT2D eigenvalue weighted by molar-refractivity contribution is 4.82. The van der Waals surface area contributed by atoms with Crippen molar-refractivity contribution in [2.75, 3.05) is 19.8 Å². The van der Waals surface area contributed by atoms with Crippen LogP contribution in [0.3, 0.4) is 0 Å². The van der Waals surface area contributed by atoms with Crippen molar-refractivity contribution in [2.24, 2.45) is 0 Å². The molecule has 1 rings (SSSR count). The Morgan fingerprint density at radius 3 is 2.79 bits per heavy atom. The van der Waals surface area contributed by atoms with Crippen molar-refractivity contribution in [1.29, 1.82) is 0 Å². The molecule has 84 valence electrons. The minimum absolute atomic E-state index is 0.138. The molecule has 2 atom stereocenters. The number of nitrogens with one attached hydrogen (secondary N) is 1. The first kappa shape index (κ1) is 12.0. The standard InChI is InChI=1S/C11H23NO2/c1-3-11(2,9-13)12-8-10-6-4-5-7-14-10/h10,12-13H,3-9H2,1-2H3. The van der Waals surface area contributed by atoms with Crippen LogP contribution < -0.4 is 5.32 Å². The van der Waals surface area contributed by atoms with Crippen LogP contribution in [0.25, 0.3) is 0 Å². The summed E-state index contributed by atoms with van der Waals surface area (Å²) in [5.74, 6) is 0. The molecule has 1 fully saturated rings. The molecule has 2 unspecified atom stereocenters. The fraction of sp³-hybridized carbons (Fsp3) is 1.00. The molecule has 14 heavy (non-hydrogen) atoms. The summed E-state index contributed by atoms with van der Waals surface area (Å²) in [7, 11) is 0. The molecule has 0 saturated carbocycles. The van der Waals surface area contributed by atoms with E-state index in [1.54, 1.807) is 0 Å². The van der Waals surface area contributed by atoms with Gasteiger partial charge in [0, 0.05) is 18.7 Å². The van der Waals surface area contributed by atoms with Gasteiger partial charge in [-0.1, -0.05) is 6.92 Å². The van der Waals surface area contributed by atoms with E-state index >= 15 is 0 Å². The van der Waals surface area contributed by atoms with Crippen molar-refractivity contribution in [3.05, 3.63) is 0 Å². The molecule has 1 aliphatic rings. The SMILES string of the molecule is CCC(C)(CO)NCC1CCCCO1. The van der Waals surface area contributed by atoms with Crippen LogP contribution in [0.15, 0.2) is 0 Å². The normalized spacial score (nSPS) is 27.2. The maximum Gasteiger partial charge on any atom is 0.0699 e. The third-order valence-electron chi connectivity index (χ3n) is 3.16. The highest BCUT2D eigenvalue weighted by Crippen LogP contribution is 2.14. The lowest BCUT2D eigenvalue weighted by Crippen LogP contribution is -2.49. The lowest BCUT2D eigenvalue weighted by atomic mass is 9.99. The molecule has 0 aliphatic carbocycles. The minimum atomic E-state index is -0.138. The molecule has 3 heteroatoms. The Labute approximate surface area is 86.8 Å². The first-order chi connectivity index (χ1) is 6.70. The number of aliphatic hydroxyl groups excluding tert-OH is 1. The van der Waals surface area contributed by atoms with Crippen molar-refractivity contribution in [2.45, 2.75) is 51.2 Å². The predicted molar refractivity (Wildman–Crippen MR) is 57.4 cm³/mol. The molecule has 2 N–H and O–H groups in total. The molecule has 0 aromatic carbocycles. The Morgan fingerprint density at radius 1 is 1.50 bits per heavy atom. The topological polar surface area (TPSA) is 41.5 Å². The van der Waals surface area contributed by atoms with Gasteiger partial charge in [-0.25, -0.2) is 0 Å². The average molecular weight is 201 g/mol. The van der Waals surface area contributed by atoms with E-state index < -0.39 is 0 Å². The van der Waals surface area contributed by atoms with Crippen molar-refractivity contribution in [3.8, 4) is 0 Å². The lowest BCUT2D eigenvalue weighted by molar-refractivity contribution is 0.00952. The van der Waals surface area contributed by atoms with Crippen LogP contribution >= 0.6 is 0 Å². The number of aliphatic hydroxyl groups is 1. The number of hydrogen-bond donors (Lipinski definition) is 2. The quantitative estimate of drug-likeness (QED) is 0.704. The van der Waals surface area contributed by atoms with E-state index in [9.17, 15) is 5.11 Å². The summed E-state index contributed by atoms with van der Waals surface area (Å²) in [6.07, 6.45) is 4.91. The van der Waals surface area contributed by atoms with Gasteiger partial charge in [-0.2, -0.15) is 0 Å². The molecule has 1 saturated heterocycles. The highest BCUT2D eigenvalue weighted by Gasteiger charge is 2.22. The summed E-state index contributed by atoms with van der Waals surface area (Å²) in [4.78, 5) is 0. The summed E-state index contributed by atoms with van der Waals surface area (Å²) in [6, 6.07) is 0. The first-order valence-electron chi connectivity index (χ1n) is 5.67. The Kier molecular flexibility index (Phi) is 4.85. The molecule has 0 spiro atoms. The average Bonchev–Trinajstić information content (AvgIpc) is 2.27. The summed E-state index contributed by atoms with van der Waals surface area (Å²) in [6.45, 7) is 6.09. The van der Waals surface area contributed by atoms with Gasteiger partial charge >= 0.3 is 0 Å². The zero-order chi connectivity index (χ0) is 10.4. The van der Waals surface area contributed by atoms with Crippen molar-refractivity contribution < 1.29 is 9.84 Å². The second-order valence-corrected chi connectivity index (χ2v) is 4.44. The molecule has 0 amide bonds. The second kappa shape index (κ2) is 5.69. The molecule has 1 heterocycles. The zero-order valence-electron chi connectivity index (χ0n) is 9.38. The maximum absolute atomic E-state index is 9.21. The number of hydrogen-bond acceptors (Lipinski definition) is 3. The Morgan fingerprint density at radius 2 is 2.29 bits per heavy atom. The van der Waals surface area contributed by atoms with Gasteiger partial charge in [-0.15, -0.1) is 0 Å². The monoisotopic (exact) mass is 201 g/mol. The van der Waals surface area contributed by atoms with Crippen molar-refractivity contribution >= 4 is 0 Å². The zero-order valence-corrected chi connectivity index (χ0v) is 9.38. The molecule has 3 nitrogen and oxygen atoms in total. The smallest absolute Gasteiger partial charge is 0.0699 e. The Bertz CT molecular complexity index is 151. The van der Waals surface area contributed by atoms with Gasteiger partial charge in [0.25, 0.3) is 0 Å². The first-order valence-corrected chi connectivity index (χ1v) is 5.67. The van der Waals surface area contributed by atoms with Gasteiger partial charge in [-0.05, 0) is 32.6 Å². The fourth-order valence-electron chi connectivity index (χ4n) is 1.62. The molecule has 0 bridgehead atoms. The van der Waals surface area contributed by atoms with Crippen LogP contribution in [0.2, 0.25) is 0 Å². The lowest BCUT2D eigenvalue weighted by Gasteiger charge is -2.31. The van der Waals surface area contributed by atoms with E-state index in [1.807, 2.05) is 0 Å². The van der Waals surface area contributed by atoms with E-state index in [0.29, 0.717) is 6.10 Å². The summed E-state index contributed by atoms with van der Waals surface area (Å²) in [5, 5.41) is 12.6. The summed E-state index contributed by atoms with van der Waals surface area (Å²) < 4.78 is 5.62. The molecule has 0 aromatic heterocycles. The van der Waals surface area contributed by atoms with Crippen LogP contribution in [0.1, 0.15) is 39.5 Å². The van der Waals surface area contributed by atoms with E-state index in [2.05, 4.69) is 19.2 Å². The third kappa shape index (κ3) is 3.56. The molecule has 1 aliphatic heterocycles. The second-order valence-electron chi connectivity index (χ2n) is 4.44. The molecular weight excluding hydrogens is 178 g/mol. The van der Waals surface area contributed by atoms with Gasteiger partial charge in [-0.3, -0.25) is 0 Å². The van der Waals surface area contributed by atoms with Crippen LogP contribution in [0, 0.1) is 0 Å². The van der Waals surface area contributed by atoms with Crippen LogP contribution in [0.4, 0.5) is 0 Å². The van der Waals surface area contributed by atoms with Gasteiger partial charge < -0.3 is 15.2 Å². The van der Waals surface area contributed by atoms with Crippen molar-refractivity contribution in [1.82, 2.24) is 5.32 Å². The largest absolute Gasteiger partial charge is 0.394 e. The van der Waals surface area contributed by atoms with Crippen LogP contribution in [0.5, 0.6) is 0 Å². The number of ether oxygens (including phenoxy) is 1. The summed E-state index contributed by atoms with van der Waals surface area (Å²) >= 11 is 0. The van der Waals surface area contributed by atoms with E-state index in [0.717, 1.165) is 26.0 Å². The van der Waals surface area contributed by atoms with Gasteiger partial charge in [0.05, 0.1) is 12.7 Å². The fourth-order valence-corrected chi connectivity index (χ4v) is 1.62. The third-order valence-corrected chi connectivity index (χ3v) is 3.16. The molecular formula is C11H23NO2. The minimum Gasteiger partial charge on any atom is -0.394 e. The van der Waals surface area contributed by atoms with Crippen molar-refractivity contribution in [3.63, 3.8) is 0 Å². The van der Waals surface area contributed by atoms with Gasteiger partial charge in [0.15, 0.2) is 0 Å².